The van der Waals surface area contributed by atoms with Crippen LogP contribution in [0.5, 0.6) is 0 Å². The standard InChI is InChI=1S/C15H20N6OS/c22-13-2-1-5-16-21(13)11-8-19-6-9-20(10-7-19)15-18-17-14(23-15)12-3-4-12/h1-2,5,12H,3-4,6-11H2. The Balaban J connectivity index is 1.28. The number of aromatic nitrogens is 4. The molecule has 0 N–H and O–H groups in total. The minimum Gasteiger partial charge on any atom is -0.344 e. The predicted octanol–water partition coefficient (Wildman–Crippen LogP) is 0.794. The molecule has 0 bridgehead atoms. The van der Waals surface area contributed by atoms with E-state index in [0.29, 0.717) is 12.5 Å². The third-order valence-electron chi connectivity index (χ3n) is 4.41. The van der Waals surface area contributed by atoms with Crippen molar-refractivity contribution in [3.05, 3.63) is 33.7 Å². The first-order valence-electron chi connectivity index (χ1n) is 8.12. The summed E-state index contributed by atoms with van der Waals surface area (Å²) in [6, 6.07) is 3.23. The summed E-state index contributed by atoms with van der Waals surface area (Å²) in [7, 11) is 0. The number of rotatable bonds is 5. The van der Waals surface area contributed by atoms with Gasteiger partial charge in [-0.2, -0.15) is 5.10 Å². The lowest BCUT2D eigenvalue weighted by Gasteiger charge is -2.34. The van der Waals surface area contributed by atoms with Crippen molar-refractivity contribution in [1.82, 2.24) is 24.9 Å². The van der Waals surface area contributed by atoms with E-state index in [9.17, 15) is 4.79 Å². The lowest BCUT2D eigenvalue weighted by molar-refractivity contribution is 0.242. The Kier molecular flexibility index (Phi) is 4.09. The molecule has 23 heavy (non-hydrogen) atoms. The summed E-state index contributed by atoms with van der Waals surface area (Å²) in [5.74, 6) is 0.680. The first kappa shape index (κ1) is 14.8. The maximum Gasteiger partial charge on any atom is 0.266 e. The zero-order valence-corrected chi connectivity index (χ0v) is 13.8. The first-order valence-corrected chi connectivity index (χ1v) is 8.94. The highest BCUT2D eigenvalue weighted by atomic mass is 32.1. The highest BCUT2D eigenvalue weighted by molar-refractivity contribution is 7.15. The Morgan fingerprint density at radius 1 is 1.13 bits per heavy atom. The van der Waals surface area contributed by atoms with E-state index in [-0.39, 0.29) is 5.56 Å². The normalized spacial score (nSPS) is 19.2. The molecule has 3 heterocycles. The van der Waals surface area contributed by atoms with E-state index in [1.54, 1.807) is 29.7 Å². The molecule has 0 unspecified atom stereocenters. The Bertz CT molecular complexity index is 717. The summed E-state index contributed by atoms with van der Waals surface area (Å²) >= 11 is 1.75. The summed E-state index contributed by atoms with van der Waals surface area (Å²) in [6.45, 7) is 5.41. The molecular formula is C15H20N6OS. The van der Waals surface area contributed by atoms with E-state index in [0.717, 1.165) is 37.9 Å². The highest BCUT2D eigenvalue weighted by Crippen LogP contribution is 2.42. The molecule has 8 heteroatoms. The average Bonchev–Trinajstić information content (AvgIpc) is 3.32. The van der Waals surface area contributed by atoms with Crippen LogP contribution in [-0.2, 0) is 6.54 Å². The van der Waals surface area contributed by atoms with Crippen LogP contribution in [0.1, 0.15) is 23.8 Å². The fraction of sp³-hybridized carbons (Fsp3) is 0.600. The summed E-state index contributed by atoms with van der Waals surface area (Å²) < 4.78 is 1.53. The molecule has 2 aromatic heterocycles. The zero-order valence-electron chi connectivity index (χ0n) is 13.0. The maximum absolute atomic E-state index is 11.7. The summed E-state index contributed by atoms with van der Waals surface area (Å²) in [5.41, 5.74) is -0.0346. The molecule has 0 spiro atoms. The maximum atomic E-state index is 11.7. The predicted molar refractivity (Wildman–Crippen MR) is 89.0 cm³/mol. The monoisotopic (exact) mass is 332 g/mol. The molecule has 0 amide bonds. The van der Waals surface area contributed by atoms with E-state index < -0.39 is 0 Å². The largest absolute Gasteiger partial charge is 0.344 e. The van der Waals surface area contributed by atoms with Gasteiger partial charge in [-0.25, -0.2) is 4.68 Å². The average molecular weight is 332 g/mol. The van der Waals surface area contributed by atoms with Crippen LogP contribution in [0.4, 0.5) is 5.13 Å². The smallest absolute Gasteiger partial charge is 0.266 e. The van der Waals surface area contributed by atoms with Crippen LogP contribution in [0.2, 0.25) is 0 Å². The van der Waals surface area contributed by atoms with Crippen molar-refractivity contribution in [2.24, 2.45) is 0 Å². The van der Waals surface area contributed by atoms with Crippen LogP contribution in [0, 0.1) is 0 Å². The van der Waals surface area contributed by atoms with Gasteiger partial charge in [-0.05, 0) is 18.9 Å². The van der Waals surface area contributed by atoms with Gasteiger partial charge < -0.3 is 4.90 Å². The third kappa shape index (κ3) is 3.42. The van der Waals surface area contributed by atoms with Crippen molar-refractivity contribution in [1.29, 1.82) is 0 Å². The lowest BCUT2D eigenvalue weighted by atomic mass is 10.3. The molecule has 2 fully saturated rings. The number of hydrogen-bond acceptors (Lipinski definition) is 7. The van der Waals surface area contributed by atoms with E-state index in [4.69, 9.17) is 0 Å². The van der Waals surface area contributed by atoms with E-state index in [1.807, 2.05) is 0 Å². The van der Waals surface area contributed by atoms with Crippen molar-refractivity contribution < 1.29 is 0 Å². The molecule has 2 aliphatic rings. The van der Waals surface area contributed by atoms with Crippen LogP contribution < -0.4 is 10.5 Å². The second kappa shape index (κ2) is 6.37. The van der Waals surface area contributed by atoms with Gasteiger partial charge in [0, 0.05) is 50.9 Å². The topological polar surface area (TPSA) is 67.2 Å². The Hall–Kier alpha value is -1.80. The van der Waals surface area contributed by atoms with Gasteiger partial charge in [0.15, 0.2) is 0 Å². The second-order valence-electron chi connectivity index (χ2n) is 6.11. The van der Waals surface area contributed by atoms with Crippen molar-refractivity contribution in [2.75, 3.05) is 37.6 Å². The van der Waals surface area contributed by atoms with Crippen molar-refractivity contribution in [3.8, 4) is 0 Å². The van der Waals surface area contributed by atoms with E-state index in [1.165, 1.54) is 22.5 Å². The molecular weight excluding hydrogens is 312 g/mol. The summed E-state index contributed by atoms with van der Waals surface area (Å²) in [6.07, 6.45) is 4.21. The SMILES string of the molecule is O=c1cccnn1CCN1CCN(c2nnc(C3CC3)s2)CC1. The Morgan fingerprint density at radius 2 is 1.96 bits per heavy atom. The third-order valence-corrected chi connectivity index (χ3v) is 5.56. The van der Waals surface area contributed by atoms with Gasteiger partial charge in [0.05, 0.1) is 6.54 Å². The van der Waals surface area contributed by atoms with Crippen molar-refractivity contribution in [3.63, 3.8) is 0 Å². The van der Waals surface area contributed by atoms with Gasteiger partial charge in [-0.1, -0.05) is 11.3 Å². The number of nitrogens with zero attached hydrogens (tertiary/aromatic N) is 6. The highest BCUT2D eigenvalue weighted by Gasteiger charge is 2.29. The summed E-state index contributed by atoms with van der Waals surface area (Å²) in [4.78, 5) is 16.4. The Labute approximate surface area is 138 Å². The second-order valence-corrected chi connectivity index (χ2v) is 7.10. The number of anilines is 1. The fourth-order valence-corrected chi connectivity index (χ4v) is 3.87. The molecule has 1 saturated carbocycles. The first-order chi connectivity index (χ1) is 11.3. The van der Waals surface area contributed by atoms with Crippen LogP contribution in [-0.4, -0.2) is 57.6 Å². The molecule has 2 aromatic rings. The lowest BCUT2D eigenvalue weighted by Crippen LogP contribution is -2.47. The van der Waals surface area contributed by atoms with Gasteiger partial charge in [-0.15, -0.1) is 10.2 Å². The van der Waals surface area contributed by atoms with E-state index in [2.05, 4.69) is 25.1 Å². The number of piperazine rings is 1. The minimum absolute atomic E-state index is 0.0346. The van der Waals surface area contributed by atoms with Gasteiger partial charge in [-0.3, -0.25) is 9.69 Å². The molecule has 0 atom stereocenters. The molecule has 122 valence electrons. The van der Waals surface area contributed by atoms with Gasteiger partial charge in [0.1, 0.15) is 5.01 Å². The molecule has 1 aliphatic carbocycles. The van der Waals surface area contributed by atoms with Crippen LogP contribution in [0.25, 0.3) is 0 Å². The quantitative estimate of drug-likeness (QED) is 0.807. The van der Waals surface area contributed by atoms with Gasteiger partial charge in [0.25, 0.3) is 5.56 Å². The molecule has 4 rings (SSSR count). The number of hydrogen-bond donors (Lipinski definition) is 0. The zero-order chi connectivity index (χ0) is 15.6. The Morgan fingerprint density at radius 3 is 2.70 bits per heavy atom. The molecule has 0 radical (unpaired) electrons. The van der Waals surface area contributed by atoms with Crippen molar-refractivity contribution in [2.45, 2.75) is 25.3 Å². The molecule has 1 saturated heterocycles. The fourth-order valence-electron chi connectivity index (χ4n) is 2.80. The van der Waals surface area contributed by atoms with Gasteiger partial charge in [0.2, 0.25) is 5.13 Å². The molecule has 0 aromatic carbocycles. The van der Waals surface area contributed by atoms with Crippen molar-refractivity contribution >= 4 is 16.5 Å². The van der Waals surface area contributed by atoms with Crippen LogP contribution in [0.3, 0.4) is 0 Å². The minimum atomic E-state index is -0.0346. The van der Waals surface area contributed by atoms with Gasteiger partial charge >= 0.3 is 0 Å². The molecule has 1 aliphatic heterocycles. The van der Waals surface area contributed by atoms with Crippen LogP contribution in [0.15, 0.2) is 23.1 Å². The summed E-state index contributed by atoms with van der Waals surface area (Å²) in [5, 5.41) is 15.0. The van der Waals surface area contributed by atoms with E-state index >= 15 is 0 Å². The van der Waals surface area contributed by atoms with Crippen LogP contribution >= 0.6 is 11.3 Å². The molecule has 7 nitrogen and oxygen atoms in total.